The molecule has 0 aliphatic rings. The van der Waals surface area contributed by atoms with Gasteiger partial charge in [0.05, 0.1) is 4.90 Å². The van der Waals surface area contributed by atoms with Crippen molar-refractivity contribution in [1.82, 2.24) is 4.98 Å². The highest BCUT2D eigenvalue weighted by Gasteiger charge is 2.16. The van der Waals surface area contributed by atoms with E-state index in [9.17, 15) is 13.2 Å². The fraction of sp³-hybridized carbons (Fsp3) is 0. The molecule has 8 nitrogen and oxygen atoms in total. The molecular weight excluding hydrogens is 474 g/mol. The predicted octanol–water partition coefficient (Wildman–Crippen LogP) is 3.86. The second-order valence-electron chi connectivity index (χ2n) is 7.91. The van der Waals surface area contributed by atoms with Gasteiger partial charge >= 0.3 is 0 Å². The van der Waals surface area contributed by atoms with E-state index in [-0.39, 0.29) is 16.6 Å². The number of carbonyl (C=O) groups excluding carboxylic acids is 1. The molecule has 0 atom stereocenters. The molecule has 0 saturated heterocycles. The number of hydrogen-bond acceptors (Lipinski definition) is 5. The number of sulfonamides is 1. The second-order valence-corrected chi connectivity index (χ2v) is 9.44. The molecule has 0 fully saturated rings. The largest absolute Gasteiger partial charge is 0.384 e. The van der Waals surface area contributed by atoms with Crippen molar-refractivity contribution in [3.63, 3.8) is 0 Å². The Morgan fingerprint density at radius 3 is 2.25 bits per heavy atom. The van der Waals surface area contributed by atoms with Crippen LogP contribution in [0.1, 0.15) is 16.7 Å². The fourth-order valence-electron chi connectivity index (χ4n) is 3.66. The standard InChI is InChI=1S/C27H23N5O3S/c28-26(29)21-5-3-4-18(16-21)17-24(20-12-14-31-15-13-20)27(33)32-22-10-8-19(9-11-22)23-6-1-2-7-25(23)36(30,34)35/h1-17H,(H3,28,29)(H,32,33)(H2,30,34,35)/b24-17-. The number of anilines is 1. The fourth-order valence-corrected chi connectivity index (χ4v) is 4.42. The van der Waals surface area contributed by atoms with E-state index in [1.165, 1.54) is 6.07 Å². The summed E-state index contributed by atoms with van der Waals surface area (Å²) in [5.74, 6) is -0.420. The number of hydrogen-bond donors (Lipinski definition) is 4. The van der Waals surface area contributed by atoms with Crippen LogP contribution in [0, 0.1) is 5.41 Å². The van der Waals surface area contributed by atoms with Crippen LogP contribution in [0.4, 0.5) is 5.69 Å². The van der Waals surface area contributed by atoms with Gasteiger partial charge in [-0.1, -0.05) is 48.5 Å². The summed E-state index contributed by atoms with van der Waals surface area (Å²) in [7, 11) is -3.89. The first-order chi connectivity index (χ1) is 17.2. The average Bonchev–Trinajstić information content (AvgIpc) is 2.88. The van der Waals surface area contributed by atoms with Crippen LogP contribution in [0.15, 0.2) is 102 Å². The number of primary sulfonamides is 1. The van der Waals surface area contributed by atoms with Gasteiger partial charge in [-0.3, -0.25) is 15.2 Å². The molecule has 36 heavy (non-hydrogen) atoms. The minimum atomic E-state index is -3.89. The van der Waals surface area contributed by atoms with Crippen LogP contribution in [0.5, 0.6) is 0 Å². The van der Waals surface area contributed by atoms with Gasteiger partial charge in [0.1, 0.15) is 5.84 Å². The van der Waals surface area contributed by atoms with Crippen molar-refractivity contribution in [2.75, 3.05) is 5.32 Å². The van der Waals surface area contributed by atoms with Gasteiger partial charge in [0.15, 0.2) is 0 Å². The molecule has 0 aliphatic heterocycles. The first kappa shape index (κ1) is 24.5. The number of amidine groups is 1. The van der Waals surface area contributed by atoms with Gasteiger partial charge < -0.3 is 11.1 Å². The summed E-state index contributed by atoms with van der Waals surface area (Å²) < 4.78 is 23.9. The molecule has 4 rings (SSSR count). The van der Waals surface area contributed by atoms with Gasteiger partial charge in [0.25, 0.3) is 5.91 Å². The Kier molecular flexibility index (Phi) is 7.05. The Balaban J connectivity index is 1.65. The third-order valence-electron chi connectivity index (χ3n) is 5.39. The summed E-state index contributed by atoms with van der Waals surface area (Å²) in [6.07, 6.45) is 4.91. The lowest BCUT2D eigenvalue weighted by Gasteiger charge is -2.12. The zero-order chi connectivity index (χ0) is 25.7. The molecule has 1 heterocycles. The van der Waals surface area contributed by atoms with E-state index in [1.807, 2.05) is 6.07 Å². The van der Waals surface area contributed by atoms with Gasteiger partial charge in [-0.25, -0.2) is 13.6 Å². The summed E-state index contributed by atoms with van der Waals surface area (Å²) in [5, 5.41) is 15.9. The van der Waals surface area contributed by atoms with E-state index in [4.69, 9.17) is 16.3 Å². The third-order valence-corrected chi connectivity index (χ3v) is 6.36. The maximum Gasteiger partial charge on any atom is 0.256 e. The molecule has 0 unspecified atom stereocenters. The van der Waals surface area contributed by atoms with E-state index in [0.717, 1.165) is 0 Å². The highest BCUT2D eigenvalue weighted by molar-refractivity contribution is 7.89. The van der Waals surface area contributed by atoms with Crippen molar-refractivity contribution >= 4 is 39.1 Å². The number of aromatic nitrogens is 1. The minimum absolute atomic E-state index is 0.0254. The van der Waals surface area contributed by atoms with E-state index < -0.39 is 10.0 Å². The number of nitrogens with two attached hydrogens (primary N) is 2. The van der Waals surface area contributed by atoms with Crippen LogP contribution in [-0.4, -0.2) is 25.1 Å². The third kappa shape index (κ3) is 5.72. The molecule has 6 N–H and O–H groups in total. The molecule has 1 amide bonds. The molecule has 0 bridgehead atoms. The topological polar surface area (TPSA) is 152 Å². The predicted molar refractivity (Wildman–Crippen MR) is 141 cm³/mol. The van der Waals surface area contributed by atoms with Gasteiger partial charge in [0, 0.05) is 34.8 Å². The van der Waals surface area contributed by atoms with Gasteiger partial charge in [-0.05, 0) is 59.2 Å². The molecule has 1 aromatic heterocycles. The number of nitrogen functional groups attached to an aromatic ring is 1. The van der Waals surface area contributed by atoms with Crippen LogP contribution >= 0.6 is 0 Å². The molecule has 180 valence electrons. The first-order valence-electron chi connectivity index (χ1n) is 10.8. The highest BCUT2D eigenvalue weighted by atomic mass is 32.2. The van der Waals surface area contributed by atoms with E-state index >= 15 is 0 Å². The number of nitrogens with zero attached hydrogens (tertiary/aromatic N) is 1. The summed E-state index contributed by atoms with van der Waals surface area (Å²) in [6, 6.07) is 23.8. The monoisotopic (exact) mass is 497 g/mol. The smallest absolute Gasteiger partial charge is 0.256 e. The lowest BCUT2D eigenvalue weighted by atomic mass is 10.0. The van der Waals surface area contributed by atoms with Crippen molar-refractivity contribution in [3.8, 4) is 11.1 Å². The number of carbonyl (C=O) groups is 1. The lowest BCUT2D eigenvalue weighted by Crippen LogP contribution is -2.14. The number of amides is 1. The van der Waals surface area contributed by atoms with Crippen molar-refractivity contribution in [3.05, 3.63) is 114 Å². The second kappa shape index (κ2) is 10.3. The summed E-state index contributed by atoms with van der Waals surface area (Å²) in [5.41, 5.74) is 9.56. The van der Waals surface area contributed by atoms with E-state index in [0.29, 0.717) is 39.1 Å². The van der Waals surface area contributed by atoms with Crippen molar-refractivity contribution in [2.45, 2.75) is 4.90 Å². The van der Waals surface area contributed by atoms with Crippen LogP contribution in [0.3, 0.4) is 0 Å². The molecule has 0 aliphatic carbocycles. The number of rotatable bonds is 7. The zero-order valence-electron chi connectivity index (χ0n) is 19.0. The van der Waals surface area contributed by atoms with E-state index in [1.54, 1.807) is 91.3 Å². The van der Waals surface area contributed by atoms with Gasteiger partial charge in [0.2, 0.25) is 10.0 Å². The Morgan fingerprint density at radius 2 is 1.58 bits per heavy atom. The maximum absolute atomic E-state index is 13.3. The van der Waals surface area contributed by atoms with Crippen LogP contribution in [0.2, 0.25) is 0 Å². The Bertz CT molecular complexity index is 1560. The minimum Gasteiger partial charge on any atom is -0.384 e. The highest BCUT2D eigenvalue weighted by Crippen LogP contribution is 2.28. The molecule has 0 spiro atoms. The zero-order valence-corrected chi connectivity index (χ0v) is 19.9. The maximum atomic E-state index is 13.3. The number of pyridine rings is 1. The SMILES string of the molecule is N=C(N)c1cccc(/C=C(\C(=O)Nc2ccc(-c3ccccc3S(N)(=O)=O)cc2)c2ccncc2)c1. The first-order valence-corrected chi connectivity index (χ1v) is 12.4. The normalized spacial score (nSPS) is 11.6. The Hall–Kier alpha value is -4.60. The molecule has 3 aromatic carbocycles. The molecular formula is C27H23N5O3S. The molecule has 4 aromatic rings. The molecule has 0 radical (unpaired) electrons. The van der Waals surface area contributed by atoms with Crippen LogP contribution in [-0.2, 0) is 14.8 Å². The Morgan fingerprint density at radius 1 is 0.889 bits per heavy atom. The number of nitrogens with one attached hydrogen (secondary N) is 2. The van der Waals surface area contributed by atoms with Gasteiger partial charge in [-0.2, -0.15) is 0 Å². The Labute approximate surface area is 208 Å². The summed E-state index contributed by atoms with van der Waals surface area (Å²) >= 11 is 0. The average molecular weight is 498 g/mol. The summed E-state index contributed by atoms with van der Waals surface area (Å²) in [6.45, 7) is 0. The van der Waals surface area contributed by atoms with E-state index in [2.05, 4.69) is 10.3 Å². The summed E-state index contributed by atoms with van der Waals surface area (Å²) in [4.78, 5) is 17.4. The van der Waals surface area contributed by atoms with Crippen LogP contribution < -0.4 is 16.2 Å². The van der Waals surface area contributed by atoms with Crippen LogP contribution in [0.25, 0.3) is 22.8 Å². The van der Waals surface area contributed by atoms with Crippen molar-refractivity contribution < 1.29 is 13.2 Å². The van der Waals surface area contributed by atoms with Gasteiger partial charge in [-0.15, -0.1) is 0 Å². The molecule has 0 saturated carbocycles. The lowest BCUT2D eigenvalue weighted by molar-refractivity contribution is -0.111. The molecule has 9 heteroatoms. The van der Waals surface area contributed by atoms with Crippen molar-refractivity contribution in [2.24, 2.45) is 10.9 Å². The number of benzene rings is 3. The van der Waals surface area contributed by atoms with Crippen molar-refractivity contribution in [1.29, 1.82) is 5.41 Å². The quantitative estimate of drug-likeness (QED) is 0.174.